The topological polar surface area (TPSA) is 17.1 Å². The molecule has 1 aliphatic carbocycles. The average molecular weight is 249 g/mol. The molecule has 0 fully saturated rings. The lowest BCUT2D eigenvalue weighted by molar-refractivity contribution is 0.103. The van der Waals surface area contributed by atoms with E-state index in [2.05, 4.69) is 6.08 Å². The van der Waals surface area contributed by atoms with Crippen molar-refractivity contribution in [2.45, 2.75) is 39.0 Å². The van der Waals surface area contributed by atoms with E-state index < -0.39 is 0 Å². The summed E-state index contributed by atoms with van der Waals surface area (Å²) in [6.45, 7) is 1.94. The molecule has 0 saturated heterocycles. The van der Waals surface area contributed by atoms with Crippen LogP contribution in [0.15, 0.2) is 29.8 Å². The third-order valence-electron chi connectivity index (χ3n) is 3.27. The Morgan fingerprint density at radius 3 is 2.82 bits per heavy atom. The number of halogens is 1. The van der Waals surface area contributed by atoms with Crippen molar-refractivity contribution in [1.29, 1.82) is 0 Å². The molecule has 1 nitrogen and oxygen atoms in total. The molecule has 0 unspecified atom stereocenters. The lowest BCUT2D eigenvalue weighted by atomic mass is 9.96. The molecule has 0 atom stereocenters. The summed E-state index contributed by atoms with van der Waals surface area (Å²) >= 11 is 5.91. The molecule has 2 heteroatoms. The van der Waals surface area contributed by atoms with E-state index in [1.54, 1.807) is 6.07 Å². The number of rotatable bonds is 2. The van der Waals surface area contributed by atoms with Crippen molar-refractivity contribution in [1.82, 2.24) is 0 Å². The molecule has 0 bridgehead atoms. The summed E-state index contributed by atoms with van der Waals surface area (Å²) in [5, 5.41) is 0.689. The summed E-state index contributed by atoms with van der Waals surface area (Å²) in [7, 11) is 0. The van der Waals surface area contributed by atoms with Gasteiger partial charge in [-0.15, -0.1) is 0 Å². The third-order valence-corrected chi connectivity index (χ3v) is 3.50. The summed E-state index contributed by atoms with van der Waals surface area (Å²) in [5.41, 5.74) is 2.74. The van der Waals surface area contributed by atoms with Gasteiger partial charge in [-0.05, 0) is 61.9 Å². The highest BCUT2D eigenvalue weighted by molar-refractivity contribution is 6.30. The summed E-state index contributed by atoms with van der Waals surface area (Å²) in [6, 6.07) is 5.48. The van der Waals surface area contributed by atoms with E-state index in [1.807, 2.05) is 19.1 Å². The zero-order valence-electron chi connectivity index (χ0n) is 10.1. The van der Waals surface area contributed by atoms with Crippen LogP contribution in [0.5, 0.6) is 0 Å². The van der Waals surface area contributed by atoms with Crippen molar-refractivity contribution in [2.24, 2.45) is 0 Å². The van der Waals surface area contributed by atoms with E-state index in [9.17, 15) is 4.79 Å². The molecule has 1 aliphatic rings. The van der Waals surface area contributed by atoms with Gasteiger partial charge in [0.05, 0.1) is 0 Å². The maximum absolute atomic E-state index is 12.4. The van der Waals surface area contributed by atoms with Crippen LogP contribution < -0.4 is 0 Å². The van der Waals surface area contributed by atoms with Crippen LogP contribution in [-0.2, 0) is 0 Å². The molecule has 0 heterocycles. The van der Waals surface area contributed by atoms with Crippen molar-refractivity contribution in [3.05, 3.63) is 46.0 Å². The summed E-state index contributed by atoms with van der Waals surface area (Å²) in [6.07, 6.45) is 7.63. The van der Waals surface area contributed by atoms with E-state index in [0.717, 1.165) is 36.0 Å². The molecule has 0 spiro atoms. The standard InChI is InChI=1S/C15H17ClO/c1-11-10-13(16)8-9-14(11)15(17)12-6-4-2-3-5-7-12/h6,8-10H,2-5,7H2,1H3. The zero-order chi connectivity index (χ0) is 12.3. The Kier molecular flexibility index (Phi) is 4.01. The molecule has 17 heavy (non-hydrogen) atoms. The van der Waals surface area contributed by atoms with Gasteiger partial charge in [-0.2, -0.15) is 0 Å². The Morgan fingerprint density at radius 2 is 2.06 bits per heavy atom. The fourth-order valence-corrected chi connectivity index (χ4v) is 2.50. The van der Waals surface area contributed by atoms with Crippen LogP contribution in [0.2, 0.25) is 5.02 Å². The van der Waals surface area contributed by atoms with Crippen LogP contribution in [0.1, 0.15) is 48.0 Å². The van der Waals surface area contributed by atoms with Gasteiger partial charge in [-0.3, -0.25) is 4.79 Å². The minimum atomic E-state index is 0.182. The van der Waals surface area contributed by atoms with E-state index in [4.69, 9.17) is 11.6 Å². The van der Waals surface area contributed by atoms with Gasteiger partial charge >= 0.3 is 0 Å². The predicted molar refractivity (Wildman–Crippen MR) is 71.7 cm³/mol. The van der Waals surface area contributed by atoms with E-state index in [-0.39, 0.29) is 5.78 Å². The zero-order valence-corrected chi connectivity index (χ0v) is 10.9. The second kappa shape index (κ2) is 5.50. The van der Waals surface area contributed by atoms with Gasteiger partial charge in [0, 0.05) is 10.6 Å². The first-order valence-electron chi connectivity index (χ1n) is 6.18. The molecule has 0 radical (unpaired) electrons. The lowest BCUT2D eigenvalue weighted by Gasteiger charge is -2.08. The number of benzene rings is 1. The highest BCUT2D eigenvalue weighted by Crippen LogP contribution is 2.23. The maximum Gasteiger partial charge on any atom is 0.188 e. The molecule has 0 amide bonds. The van der Waals surface area contributed by atoms with Gasteiger partial charge in [0.2, 0.25) is 0 Å². The Hall–Kier alpha value is -1.08. The number of carbonyl (C=O) groups excluding carboxylic acids is 1. The second-order valence-corrected chi connectivity index (χ2v) is 5.05. The largest absolute Gasteiger partial charge is 0.289 e. The van der Waals surface area contributed by atoms with Gasteiger partial charge in [0.15, 0.2) is 5.78 Å². The van der Waals surface area contributed by atoms with Gasteiger partial charge in [-0.1, -0.05) is 24.1 Å². The minimum absolute atomic E-state index is 0.182. The predicted octanol–water partition coefficient (Wildman–Crippen LogP) is 4.72. The van der Waals surface area contributed by atoms with Crippen molar-refractivity contribution in [3.63, 3.8) is 0 Å². The van der Waals surface area contributed by atoms with Crippen LogP contribution in [0, 0.1) is 6.92 Å². The Bertz CT molecular complexity index is 460. The number of carbonyl (C=O) groups is 1. The van der Waals surface area contributed by atoms with Crippen LogP contribution in [0.4, 0.5) is 0 Å². The van der Waals surface area contributed by atoms with E-state index in [1.165, 1.54) is 12.8 Å². The first-order valence-corrected chi connectivity index (χ1v) is 6.56. The molecule has 0 saturated carbocycles. The van der Waals surface area contributed by atoms with Crippen LogP contribution >= 0.6 is 11.6 Å². The Labute approximate surface area is 107 Å². The molecular weight excluding hydrogens is 232 g/mol. The molecule has 2 rings (SSSR count). The molecule has 1 aromatic carbocycles. The smallest absolute Gasteiger partial charge is 0.188 e. The van der Waals surface area contributed by atoms with Gasteiger partial charge in [0.1, 0.15) is 0 Å². The van der Waals surface area contributed by atoms with Crippen molar-refractivity contribution < 1.29 is 4.79 Å². The van der Waals surface area contributed by atoms with Crippen molar-refractivity contribution >= 4 is 17.4 Å². The first kappa shape index (κ1) is 12.4. The summed E-state index contributed by atoms with van der Waals surface area (Å²) in [5.74, 6) is 0.182. The average Bonchev–Trinajstić information content (AvgIpc) is 2.56. The molecule has 0 aromatic heterocycles. The first-order chi connectivity index (χ1) is 8.18. The Balaban J connectivity index is 2.27. The normalized spacial score (nSPS) is 16.2. The molecule has 1 aromatic rings. The number of hydrogen-bond donors (Lipinski definition) is 0. The number of ketones is 1. The van der Waals surface area contributed by atoms with Crippen LogP contribution in [0.25, 0.3) is 0 Å². The molecule has 0 N–H and O–H groups in total. The number of Topliss-reactive ketones (excluding diaryl/α,β-unsaturated/α-hetero) is 1. The quantitative estimate of drug-likeness (QED) is 0.692. The van der Waals surface area contributed by atoms with Crippen LogP contribution in [0.3, 0.4) is 0 Å². The molecule has 90 valence electrons. The number of allylic oxidation sites excluding steroid dienone is 2. The highest BCUT2D eigenvalue weighted by atomic mass is 35.5. The highest BCUT2D eigenvalue weighted by Gasteiger charge is 2.15. The van der Waals surface area contributed by atoms with Gasteiger partial charge in [-0.25, -0.2) is 0 Å². The third kappa shape index (κ3) is 2.98. The molecular formula is C15H17ClO. The van der Waals surface area contributed by atoms with E-state index >= 15 is 0 Å². The fourth-order valence-electron chi connectivity index (χ4n) is 2.28. The Morgan fingerprint density at radius 1 is 1.24 bits per heavy atom. The second-order valence-electron chi connectivity index (χ2n) is 4.62. The number of hydrogen-bond acceptors (Lipinski definition) is 1. The van der Waals surface area contributed by atoms with Crippen molar-refractivity contribution in [3.8, 4) is 0 Å². The summed E-state index contributed by atoms with van der Waals surface area (Å²) in [4.78, 5) is 12.4. The van der Waals surface area contributed by atoms with Gasteiger partial charge < -0.3 is 0 Å². The minimum Gasteiger partial charge on any atom is -0.289 e. The number of aryl methyl sites for hydroxylation is 1. The summed E-state index contributed by atoms with van der Waals surface area (Å²) < 4.78 is 0. The lowest BCUT2D eigenvalue weighted by Crippen LogP contribution is -2.05. The van der Waals surface area contributed by atoms with Crippen LogP contribution in [-0.4, -0.2) is 5.78 Å². The van der Waals surface area contributed by atoms with E-state index in [0.29, 0.717) is 5.02 Å². The van der Waals surface area contributed by atoms with Gasteiger partial charge in [0.25, 0.3) is 0 Å². The van der Waals surface area contributed by atoms with Crippen molar-refractivity contribution in [2.75, 3.05) is 0 Å². The maximum atomic E-state index is 12.4. The fraction of sp³-hybridized carbons (Fsp3) is 0.400. The monoisotopic (exact) mass is 248 g/mol. The SMILES string of the molecule is Cc1cc(Cl)ccc1C(=O)C1=CCCCCC1. The molecule has 0 aliphatic heterocycles.